The van der Waals surface area contributed by atoms with E-state index in [2.05, 4.69) is 20.5 Å². The van der Waals surface area contributed by atoms with E-state index in [-0.39, 0.29) is 17.4 Å². The van der Waals surface area contributed by atoms with E-state index in [0.29, 0.717) is 23.5 Å². The first kappa shape index (κ1) is 24.1. The van der Waals surface area contributed by atoms with Crippen LogP contribution in [-0.4, -0.2) is 54.5 Å². The molecule has 4 heterocycles. The third kappa shape index (κ3) is 5.02. The molecule has 4 N–H and O–H groups in total. The van der Waals surface area contributed by atoms with Crippen LogP contribution < -0.4 is 21.3 Å². The van der Waals surface area contributed by atoms with Crippen molar-refractivity contribution >= 4 is 40.5 Å². The van der Waals surface area contributed by atoms with Crippen molar-refractivity contribution in [3.8, 4) is 10.4 Å². The van der Waals surface area contributed by atoms with Crippen molar-refractivity contribution in [2.24, 2.45) is 5.41 Å². The molecule has 5 rings (SSSR count). The molecule has 2 aromatic heterocycles. The van der Waals surface area contributed by atoms with Crippen LogP contribution in [0.4, 0.5) is 22.0 Å². The van der Waals surface area contributed by atoms with Gasteiger partial charge in [0.1, 0.15) is 5.82 Å². The fourth-order valence-electron chi connectivity index (χ4n) is 5.27. The second kappa shape index (κ2) is 10.2. The minimum absolute atomic E-state index is 0.0292. The number of nitrogen functional groups attached to an aromatic ring is 1. The topological polar surface area (TPSA) is 104 Å². The van der Waals surface area contributed by atoms with Gasteiger partial charge in [-0.1, -0.05) is 12.1 Å². The molecule has 36 heavy (non-hydrogen) atoms. The zero-order chi connectivity index (χ0) is 25.1. The lowest BCUT2D eigenvalue weighted by Crippen LogP contribution is -2.47. The summed E-state index contributed by atoms with van der Waals surface area (Å²) in [6.45, 7) is 5.95. The Labute approximate surface area is 215 Å². The molecule has 0 radical (unpaired) electrons. The highest BCUT2D eigenvalue weighted by Gasteiger charge is 2.43. The normalized spacial score (nSPS) is 19.5. The Morgan fingerprint density at radius 2 is 2.03 bits per heavy atom. The maximum atomic E-state index is 12.9. The van der Waals surface area contributed by atoms with Crippen molar-refractivity contribution < 1.29 is 9.59 Å². The highest BCUT2D eigenvalue weighted by molar-refractivity contribution is 7.13. The smallest absolute Gasteiger partial charge is 0.317 e. The predicted octanol–water partition coefficient (Wildman–Crippen LogP) is 4.67. The molecule has 1 atom stereocenters. The lowest BCUT2D eigenvalue weighted by Gasteiger charge is -2.41. The number of piperidine rings is 1. The predicted molar refractivity (Wildman–Crippen MR) is 146 cm³/mol. The maximum absolute atomic E-state index is 12.9. The summed E-state index contributed by atoms with van der Waals surface area (Å²) in [6.07, 6.45) is 4.81. The Morgan fingerprint density at radius 3 is 2.78 bits per heavy atom. The summed E-state index contributed by atoms with van der Waals surface area (Å²) in [7, 11) is 0. The number of carbonyl (C=O) groups is 2. The molecule has 0 saturated carbocycles. The summed E-state index contributed by atoms with van der Waals surface area (Å²) in [5.41, 5.74) is 8.84. The van der Waals surface area contributed by atoms with Crippen LogP contribution >= 0.6 is 11.3 Å². The summed E-state index contributed by atoms with van der Waals surface area (Å²) in [4.78, 5) is 35.2. The first-order valence-electron chi connectivity index (χ1n) is 12.4. The van der Waals surface area contributed by atoms with Crippen LogP contribution in [0.1, 0.15) is 36.5 Å². The van der Waals surface area contributed by atoms with Gasteiger partial charge in [-0.3, -0.25) is 4.79 Å². The second-order valence-electron chi connectivity index (χ2n) is 9.67. The third-order valence-corrected chi connectivity index (χ3v) is 8.08. The average Bonchev–Trinajstić information content (AvgIpc) is 3.57. The number of hydrogen-bond acceptors (Lipinski definition) is 6. The fourth-order valence-corrected chi connectivity index (χ4v) is 5.99. The number of urea groups is 1. The van der Waals surface area contributed by atoms with Crippen molar-refractivity contribution in [2.75, 3.05) is 48.7 Å². The van der Waals surface area contributed by atoms with Crippen molar-refractivity contribution in [1.82, 2.24) is 15.2 Å². The molecule has 2 saturated heterocycles. The van der Waals surface area contributed by atoms with Gasteiger partial charge in [-0.15, -0.1) is 11.3 Å². The van der Waals surface area contributed by atoms with Gasteiger partial charge in [-0.2, -0.15) is 0 Å². The fraction of sp³-hybridized carbons (Fsp3) is 0.370. The van der Waals surface area contributed by atoms with Gasteiger partial charge < -0.3 is 26.2 Å². The molecule has 0 bridgehead atoms. The van der Waals surface area contributed by atoms with Crippen molar-refractivity contribution in [2.45, 2.75) is 26.2 Å². The lowest BCUT2D eigenvalue weighted by molar-refractivity contribution is 0.102. The quantitative estimate of drug-likeness (QED) is 0.438. The van der Waals surface area contributed by atoms with E-state index in [1.807, 2.05) is 59.7 Å². The van der Waals surface area contributed by atoms with Crippen LogP contribution in [0, 0.1) is 5.41 Å². The number of pyridine rings is 1. The molecule has 1 spiro atoms. The number of aromatic nitrogens is 1. The molecule has 2 aliphatic heterocycles. The van der Waals surface area contributed by atoms with Crippen molar-refractivity contribution in [3.63, 3.8) is 0 Å². The molecular formula is C27H32N6O2S. The number of amides is 3. The highest BCUT2D eigenvalue weighted by atomic mass is 32.1. The van der Waals surface area contributed by atoms with Gasteiger partial charge in [-0.05, 0) is 67.5 Å². The van der Waals surface area contributed by atoms with E-state index >= 15 is 0 Å². The van der Waals surface area contributed by atoms with Crippen molar-refractivity contribution in [1.29, 1.82) is 0 Å². The Kier molecular flexibility index (Phi) is 6.82. The van der Waals surface area contributed by atoms with Crippen LogP contribution in [0.25, 0.3) is 10.4 Å². The van der Waals surface area contributed by atoms with E-state index < -0.39 is 0 Å². The van der Waals surface area contributed by atoms with E-state index in [1.54, 1.807) is 17.5 Å². The first-order valence-corrected chi connectivity index (χ1v) is 13.3. The van der Waals surface area contributed by atoms with E-state index in [1.165, 1.54) is 0 Å². The zero-order valence-corrected chi connectivity index (χ0v) is 21.3. The van der Waals surface area contributed by atoms with Crippen molar-refractivity contribution in [3.05, 3.63) is 59.6 Å². The number of carbonyl (C=O) groups excluding carboxylic acids is 2. The summed E-state index contributed by atoms with van der Waals surface area (Å²) < 4.78 is 0. The number of thiophene rings is 1. The van der Waals surface area contributed by atoms with Gasteiger partial charge in [0, 0.05) is 49.2 Å². The molecule has 2 fully saturated rings. The average molecular weight is 505 g/mol. The minimum Gasteiger partial charge on any atom is -0.397 e. The molecule has 1 unspecified atom stereocenters. The summed E-state index contributed by atoms with van der Waals surface area (Å²) in [5, 5.41) is 7.87. The lowest BCUT2D eigenvalue weighted by atomic mass is 9.79. The van der Waals surface area contributed by atoms with Gasteiger partial charge in [0.2, 0.25) is 0 Å². The Bertz CT molecular complexity index is 1230. The molecule has 2 aliphatic rings. The number of nitrogens with one attached hydrogen (secondary N) is 2. The van der Waals surface area contributed by atoms with Crippen LogP contribution in [0.5, 0.6) is 0 Å². The Morgan fingerprint density at radius 1 is 1.14 bits per heavy atom. The van der Waals surface area contributed by atoms with Crippen LogP contribution in [0.15, 0.2) is 54.0 Å². The number of likely N-dealkylation sites (tertiary alicyclic amines) is 1. The second-order valence-corrected chi connectivity index (χ2v) is 10.6. The van der Waals surface area contributed by atoms with E-state index in [9.17, 15) is 9.59 Å². The van der Waals surface area contributed by atoms with Crippen LogP contribution in [0.3, 0.4) is 0 Å². The van der Waals surface area contributed by atoms with E-state index in [4.69, 9.17) is 5.73 Å². The number of anilines is 3. The number of nitrogens with two attached hydrogens (primary N) is 1. The van der Waals surface area contributed by atoms with Gasteiger partial charge in [-0.25, -0.2) is 9.78 Å². The van der Waals surface area contributed by atoms with Gasteiger partial charge in [0.25, 0.3) is 5.91 Å². The minimum atomic E-state index is -0.243. The summed E-state index contributed by atoms with van der Waals surface area (Å²) >= 11 is 1.64. The SMILES string of the molecule is CCNC(=O)N1CCC2(CCCN(c3ccc(C(=O)Nc4cc(-c5cccs5)ccc4N)cn3)C2)C1. The molecule has 3 amide bonds. The molecule has 0 aliphatic carbocycles. The monoisotopic (exact) mass is 504 g/mol. The summed E-state index contributed by atoms with van der Waals surface area (Å²) in [5.74, 6) is 0.619. The first-order chi connectivity index (χ1) is 17.5. The van der Waals surface area contributed by atoms with Gasteiger partial charge in [0.05, 0.1) is 16.9 Å². The largest absolute Gasteiger partial charge is 0.397 e. The maximum Gasteiger partial charge on any atom is 0.317 e. The summed E-state index contributed by atoms with van der Waals surface area (Å²) in [6, 6.07) is 13.5. The molecular weight excluding hydrogens is 472 g/mol. The number of rotatable bonds is 5. The number of hydrogen-bond donors (Lipinski definition) is 3. The molecule has 9 heteroatoms. The zero-order valence-electron chi connectivity index (χ0n) is 20.5. The highest BCUT2D eigenvalue weighted by Crippen LogP contribution is 2.40. The van der Waals surface area contributed by atoms with Gasteiger partial charge >= 0.3 is 6.03 Å². The molecule has 3 aromatic rings. The third-order valence-electron chi connectivity index (χ3n) is 7.16. The van der Waals surface area contributed by atoms with Gasteiger partial charge in [0.15, 0.2) is 0 Å². The molecule has 8 nitrogen and oxygen atoms in total. The van der Waals surface area contributed by atoms with Crippen LogP contribution in [0.2, 0.25) is 0 Å². The van der Waals surface area contributed by atoms with E-state index in [0.717, 1.165) is 61.7 Å². The molecule has 1 aromatic carbocycles. The molecule has 188 valence electrons. The Balaban J connectivity index is 1.24. The standard InChI is InChI=1S/C27H32N6O2S/c1-2-29-26(35)33-13-11-27(18-33)10-4-12-32(17-27)24-9-7-20(16-30-24)25(34)31-22-15-19(6-8-21(22)28)23-5-3-14-36-23/h3,5-9,14-16H,2,4,10-13,17-18,28H2,1H3,(H,29,35)(H,31,34). The van der Waals surface area contributed by atoms with Crippen LogP contribution in [-0.2, 0) is 0 Å². The Hall–Kier alpha value is -3.59. The number of benzene rings is 1. The number of nitrogens with zero attached hydrogens (tertiary/aromatic N) is 3.